The molecule has 2 saturated heterocycles. The molecule has 0 spiro atoms. The normalized spacial score (nSPS) is 21.3. The van der Waals surface area contributed by atoms with E-state index in [1.807, 2.05) is 49.9 Å². The van der Waals surface area contributed by atoms with Gasteiger partial charge in [0.2, 0.25) is 0 Å². The predicted molar refractivity (Wildman–Crippen MR) is 105 cm³/mol. The number of hydrogen-bond donors (Lipinski definition) is 1. The van der Waals surface area contributed by atoms with Gasteiger partial charge in [-0.1, -0.05) is 5.21 Å². The fraction of sp³-hybridized carbons (Fsp3) is 0.526. The lowest BCUT2D eigenvalue weighted by atomic mass is 10.0. The third-order valence-corrected chi connectivity index (χ3v) is 5.23. The Balaban J connectivity index is 0.00000210. The van der Waals surface area contributed by atoms with E-state index in [1.54, 1.807) is 4.68 Å². The summed E-state index contributed by atoms with van der Waals surface area (Å²) >= 11 is 0. The van der Waals surface area contributed by atoms with Crippen LogP contribution in [0, 0.1) is 18.8 Å². The molecule has 1 N–H and O–H groups in total. The van der Waals surface area contributed by atoms with E-state index in [0.29, 0.717) is 17.5 Å². The standard InChI is InChI=1S/C19H25N5O2.ClH/c1-12(2)26-17-6-4-16(5-7-17)24-13(3)18(21-22-24)19(25)23-10-14-8-20-9-15(14)11-23;/h4-7,12,14-15,20H,8-11H2,1-3H3;1H/t14-,15+;. The fourth-order valence-corrected chi connectivity index (χ4v) is 3.88. The van der Waals surface area contributed by atoms with Gasteiger partial charge in [0, 0.05) is 26.2 Å². The van der Waals surface area contributed by atoms with Crippen molar-refractivity contribution in [3.63, 3.8) is 0 Å². The summed E-state index contributed by atoms with van der Waals surface area (Å²) in [6.07, 6.45) is 0.133. The van der Waals surface area contributed by atoms with Gasteiger partial charge in [-0.25, -0.2) is 4.68 Å². The second-order valence-electron chi connectivity index (χ2n) is 7.48. The lowest BCUT2D eigenvalue weighted by molar-refractivity contribution is 0.0775. The summed E-state index contributed by atoms with van der Waals surface area (Å²) in [5.74, 6) is 1.95. The van der Waals surface area contributed by atoms with E-state index in [9.17, 15) is 4.79 Å². The summed E-state index contributed by atoms with van der Waals surface area (Å²) in [5.41, 5.74) is 2.08. The number of ether oxygens (including phenoxy) is 1. The molecule has 2 fully saturated rings. The zero-order valence-electron chi connectivity index (χ0n) is 15.9. The quantitative estimate of drug-likeness (QED) is 0.863. The molecule has 2 aliphatic heterocycles. The Morgan fingerprint density at radius 2 is 1.81 bits per heavy atom. The van der Waals surface area contributed by atoms with Crippen LogP contribution in [0.3, 0.4) is 0 Å². The van der Waals surface area contributed by atoms with E-state index in [1.165, 1.54) is 0 Å². The smallest absolute Gasteiger partial charge is 0.276 e. The number of benzene rings is 1. The zero-order chi connectivity index (χ0) is 18.3. The molecule has 3 heterocycles. The number of aromatic nitrogens is 3. The minimum atomic E-state index is -0.0112. The lowest BCUT2D eigenvalue weighted by Gasteiger charge is -2.16. The van der Waals surface area contributed by atoms with Gasteiger partial charge in [-0.05, 0) is 56.9 Å². The zero-order valence-corrected chi connectivity index (χ0v) is 16.7. The van der Waals surface area contributed by atoms with Crippen molar-refractivity contribution in [3.8, 4) is 11.4 Å². The van der Waals surface area contributed by atoms with Gasteiger partial charge in [0.15, 0.2) is 5.69 Å². The van der Waals surface area contributed by atoms with Gasteiger partial charge in [0.05, 0.1) is 17.5 Å². The van der Waals surface area contributed by atoms with E-state index in [4.69, 9.17) is 4.74 Å². The Labute approximate surface area is 165 Å². The van der Waals surface area contributed by atoms with Crippen molar-refractivity contribution in [2.75, 3.05) is 26.2 Å². The molecule has 1 aromatic carbocycles. The van der Waals surface area contributed by atoms with Crippen molar-refractivity contribution in [1.82, 2.24) is 25.2 Å². The van der Waals surface area contributed by atoms with Crippen LogP contribution in [-0.4, -0.2) is 58.1 Å². The summed E-state index contributed by atoms with van der Waals surface area (Å²) in [7, 11) is 0. The first-order valence-electron chi connectivity index (χ1n) is 9.22. The Morgan fingerprint density at radius 1 is 1.19 bits per heavy atom. The largest absolute Gasteiger partial charge is 0.491 e. The first-order valence-corrected chi connectivity index (χ1v) is 9.22. The van der Waals surface area contributed by atoms with Gasteiger partial charge < -0.3 is 15.0 Å². The monoisotopic (exact) mass is 391 g/mol. The molecule has 7 nitrogen and oxygen atoms in total. The third-order valence-electron chi connectivity index (χ3n) is 5.23. The van der Waals surface area contributed by atoms with Crippen molar-refractivity contribution >= 4 is 18.3 Å². The van der Waals surface area contributed by atoms with Crippen molar-refractivity contribution < 1.29 is 9.53 Å². The van der Waals surface area contributed by atoms with Crippen LogP contribution >= 0.6 is 12.4 Å². The maximum absolute atomic E-state index is 12.9. The average molecular weight is 392 g/mol. The Hall–Kier alpha value is -2.12. The predicted octanol–water partition coefficient (Wildman–Crippen LogP) is 2.08. The van der Waals surface area contributed by atoms with Crippen LogP contribution in [0.15, 0.2) is 24.3 Å². The highest BCUT2D eigenvalue weighted by Crippen LogP contribution is 2.28. The van der Waals surface area contributed by atoms with Crippen molar-refractivity contribution in [2.24, 2.45) is 11.8 Å². The van der Waals surface area contributed by atoms with Crippen molar-refractivity contribution in [3.05, 3.63) is 35.7 Å². The van der Waals surface area contributed by atoms with E-state index in [-0.39, 0.29) is 24.4 Å². The Kier molecular flexibility index (Phi) is 5.72. The number of halogens is 1. The highest BCUT2D eigenvalue weighted by Gasteiger charge is 2.39. The number of nitrogens with one attached hydrogen (secondary N) is 1. The highest BCUT2D eigenvalue weighted by atomic mass is 35.5. The summed E-state index contributed by atoms with van der Waals surface area (Å²) in [5, 5.41) is 11.8. The third kappa shape index (κ3) is 3.80. The van der Waals surface area contributed by atoms with Gasteiger partial charge in [-0.15, -0.1) is 17.5 Å². The maximum Gasteiger partial charge on any atom is 0.276 e. The number of likely N-dealkylation sites (tertiary alicyclic amines) is 1. The molecule has 0 saturated carbocycles. The molecule has 4 rings (SSSR count). The topological polar surface area (TPSA) is 72.3 Å². The summed E-state index contributed by atoms with van der Waals surface area (Å²) in [4.78, 5) is 14.8. The van der Waals surface area contributed by atoms with Gasteiger partial charge in [0.25, 0.3) is 5.91 Å². The van der Waals surface area contributed by atoms with Gasteiger partial charge in [0.1, 0.15) is 5.75 Å². The number of carbonyl (C=O) groups is 1. The molecule has 8 heteroatoms. The van der Waals surface area contributed by atoms with Gasteiger partial charge >= 0.3 is 0 Å². The first kappa shape index (κ1) is 19.6. The fourth-order valence-electron chi connectivity index (χ4n) is 3.88. The summed E-state index contributed by atoms with van der Waals surface area (Å²) < 4.78 is 7.38. The molecule has 2 aliphatic rings. The minimum absolute atomic E-state index is 0. The molecule has 0 aliphatic carbocycles. The molecule has 1 amide bonds. The van der Waals surface area contributed by atoms with Crippen LogP contribution in [0.25, 0.3) is 5.69 Å². The van der Waals surface area contributed by atoms with E-state index >= 15 is 0 Å². The van der Waals surface area contributed by atoms with E-state index < -0.39 is 0 Å². The minimum Gasteiger partial charge on any atom is -0.491 e. The molecular weight excluding hydrogens is 366 g/mol. The first-order chi connectivity index (χ1) is 12.5. The average Bonchev–Trinajstić information content (AvgIpc) is 3.29. The number of rotatable bonds is 4. The van der Waals surface area contributed by atoms with Crippen LogP contribution in [0.2, 0.25) is 0 Å². The van der Waals surface area contributed by atoms with Crippen LogP contribution in [0.4, 0.5) is 0 Å². The number of hydrogen-bond acceptors (Lipinski definition) is 5. The molecular formula is C19H26ClN5O2. The summed E-state index contributed by atoms with van der Waals surface area (Å²) in [6, 6.07) is 7.68. The molecule has 0 radical (unpaired) electrons. The van der Waals surface area contributed by atoms with Crippen LogP contribution < -0.4 is 10.1 Å². The molecule has 146 valence electrons. The lowest BCUT2D eigenvalue weighted by Crippen LogP contribution is -2.32. The molecule has 0 unspecified atom stereocenters. The number of carbonyl (C=O) groups excluding carboxylic acids is 1. The highest BCUT2D eigenvalue weighted by molar-refractivity contribution is 5.93. The Bertz CT molecular complexity index is 793. The Morgan fingerprint density at radius 3 is 2.41 bits per heavy atom. The molecule has 2 aromatic rings. The van der Waals surface area contributed by atoms with E-state index in [2.05, 4.69) is 15.6 Å². The molecule has 27 heavy (non-hydrogen) atoms. The molecule has 1 aromatic heterocycles. The van der Waals surface area contributed by atoms with Crippen LogP contribution in [0.5, 0.6) is 5.75 Å². The van der Waals surface area contributed by atoms with Crippen molar-refractivity contribution in [1.29, 1.82) is 0 Å². The van der Waals surface area contributed by atoms with E-state index in [0.717, 1.165) is 43.3 Å². The number of amides is 1. The van der Waals surface area contributed by atoms with Gasteiger partial charge in [-0.2, -0.15) is 0 Å². The molecule has 0 bridgehead atoms. The van der Waals surface area contributed by atoms with Crippen LogP contribution in [0.1, 0.15) is 30.0 Å². The summed E-state index contributed by atoms with van der Waals surface area (Å²) in [6.45, 7) is 9.51. The van der Waals surface area contributed by atoms with Crippen LogP contribution in [-0.2, 0) is 0 Å². The van der Waals surface area contributed by atoms with Crippen molar-refractivity contribution in [2.45, 2.75) is 26.9 Å². The second-order valence-corrected chi connectivity index (χ2v) is 7.48. The molecule has 2 atom stereocenters. The van der Waals surface area contributed by atoms with Gasteiger partial charge in [-0.3, -0.25) is 4.79 Å². The number of fused-ring (bicyclic) bond motifs is 1. The maximum atomic E-state index is 12.9. The second kappa shape index (κ2) is 7.86. The SMILES string of the molecule is Cc1c(C(=O)N2C[C@H]3CNC[C@H]3C2)nnn1-c1ccc(OC(C)C)cc1.Cl. The number of nitrogens with zero attached hydrogens (tertiary/aromatic N) is 4.